The SMILES string of the molecule is C=C1CCC2C(C)(C)C(O)CCC2(C)C1CCC(C)=CCO. The van der Waals surface area contributed by atoms with Crippen molar-refractivity contribution in [1.29, 1.82) is 0 Å². The molecule has 2 rings (SSSR count). The van der Waals surface area contributed by atoms with E-state index in [0.717, 1.165) is 32.1 Å². The van der Waals surface area contributed by atoms with Gasteiger partial charge >= 0.3 is 0 Å². The van der Waals surface area contributed by atoms with E-state index < -0.39 is 0 Å². The van der Waals surface area contributed by atoms with E-state index in [0.29, 0.717) is 11.8 Å². The monoisotopic (exact) mass is 306 g/mol. The van der Waals surface area contributed by atoms with E-state index in [9.17, 15) is 5.11 Å². The van der Waals surface area contributed by atoms with Crippen LogP contribution in [0, 0.1) is 22.7 Å². The van der Waals surface area contributed by atoms with Crippen LogP contribution >= 0.6 is 0 Å². The fraction of sp³-hybridized carbons (Fsp3) is 0.800. The summed E-state index contributed by atoms with van der Waals surface area (Å²) in [5.41, 5.74) is 2.94. The molecule has 0 aliphatic heterocycles. The Bertz CT molecular complexity index is 449. The fourth-order valence-electron chi connectivity index (χ4n) is 5.33. The van der Waals surface area contributed by atoms with Gasteiger partial charge in [-0.25, -0.2) is 0 Å². The molecule has 0 amide bonds. The zero-order valence-electron chi connectivity index (χ0n) is 14.9. The number of aliphatic hydroxyl groups excluding tert-OH is 2. The minimum atomic E-state index is -0.173. The first kappa shape index (κ1) is 17.7. The molecule has 2 aliphatic rings. The van der Waals surface area contributed by atoms with Crippen molar-refractivity contribution in [3.63, 3.8) is 0 Å². The minimum Gasteiger partial charge on any atom is -0.393 e. The molecule has 0 spiro atoms. The van der Waals surface area contributed by atoms with Crippen molar-refractivity contribution in [2.45, 2.75) is 72.3 Å². The number of hydrogen-bond donors (Lipinski definition) is 2. The summed E-state index contributed by atoms with van der Waals surface area (Å²) in [5.74, 6) is 1.11. The van der Waals surface area contributed by atoms with Crippen LogP contribution in [0.1, 0.15) is 66.2 Å². The van der Waals surface area contributed by atoms with Crippen LogP contribution in [0.2, 0.25) is 0 Å². The second-order valence-corrected chi connectivity index (χ2v) is 8.46. The van der Waals surface area contributed by atoms with E-state index in [4.69, 9.17) is 5.11 Å². The molecular formula is C20H34O2. The molecule has 2 aliphatic carbocycles. The Morgan fingerprint density at radius 2 is 2.00 bits per heavy atom. The van der Waals surface area contributed by atoms with Gasteiger partial charge in [0.15, 0.2) is 0 Å². The Hall–Kier alpha value is -0.600. The van der Waals surface area contributed by atoms with Crippen LogP contribution in [0.4, 0.5) is 0 Å². The van der Waals surface area contributed by atoms with Crippen LogP contribution in [0.3, 0.4) is 0 Å². The van der Waals surface area contributed by atoms with Crippen molar-refractivity contribution in [3.05, 3.63) is 23.8 Å². The number of aliphatic hydroxyl groups is 2. The first-order valence-electron chi connectivity index (χ1n) is 8.85. The van der Waals surface area contributed by atoms with Crippen LogP contribution < -0.4 is 0 Å². The maximum Gasteiger partial charge on any atom is 0.0614 e. The first-order valence-corrected chi connectivity index (χ1v) is 8.85. The molecule has 126 valence electrons. The summed E-state index contributed by atoms with van der Waals surface area (Å²) in [6, 6.07) is 0. The van der Waals surface area contributed by atoms with Crippen LogP contribution in [0.25, 0.3) is 0 Å². The predicted molar refractivity (Wildman–Crippen MR) is 92.6 cm³/mol. The van der Waals surface area contributed by atoms with E-state index in [-0.39, 0.29) is 23.5 Å². The number of rotatable bonds is 4. The third-order valence-electron chi connectivity index (χ3n) is 6.82. The quantitative estimate of drug-likeness (QED) is 0.752. The normalized spacial score (nSPS) is 38.7. The Balaban J connectivity index is 2.21. The van der Waals surface area contributed by atoms with Gasteiger partial charge in [-0.15, -0.1) is 0 Å². The molecule has 2 heteroatoms. The van der Waals surface area contributed by atoms with Crippen LogP contribution in [0.15, 0.2) is 23.8 Å². The standard InChI is InChI=1S/C20H34O2/c1-14(11-13-21)6-8-16-15(2)7-9-17-19(3,4)18(22)10-12-20(16,17)5/h11,16-18,21-22H,2,6-10,12-13H2,1,3-5H3. The second kappa shape index (κ2) is 6.49. The number of fused-ring (bicyclic) bond motifs is 1. The van der Waals surface area contributed by atoms with Gasteiger partial charge < -0.3 is 10.2 Å². The number of allylic oxidation sites excluding steroid dienone is 2. The molecular weight excluding hydrogens is 272 g/mol. The van der Waals surface area contributed by atoms with Gasteiger partial charge in [-0.2, -0.15) is 0 Å². The van der Waals surface area contributed by atoms with Gasteiger partial charge in [0.25, 0.3) is 0 Å². The Labute approximate surface area is 136 Å². The van der Waals surface area contributed by atoms with Crippen molar-refractivity contribution in [1.82, 2.24) is 0 Å². The van der Waals surface area contributed by atoms with Crippen LogP contribution in [-0.2, 0) is 0 Å². The molecule has 0 heterocycles. The van der Waals surface area contributed by atoms with Gasteiger partial charge in [-0.3, -0.25) is 0 Å². The summed E-state index contributed by atoms with van der Waals surface area (Å²) >= 11 is 0. The summed E-state index contributed by atoms with van der Waals surface area (Å²) in [5, 5.41) is 19.5. The average molecular weight is 306 g/mol. The zero-order valence-corrected chi connectivity index (χ0v) is 14.9. The molecule has 0 bridgehead atoms. The lowest BCUT2D eigenvalue weighted by atomic mass is 9.46. The molecule has 2 saturated carbocycles. The van der Waals surface area contributed by atoms with E-state index >= 15 is 0 Å². The highest BCUT2D eigenvalue weighted by molar-refractivity contribution is 5.17. The molecule has 22 heavy (non-hydrogen) atoms. The largest absolute Gasteiger partial charge is 0.393 e. The molecule has 4 atom stereocenters. The van der Waals surface area contributed by atoms with Gasteiger partial charge in [-0.1, -0.05) is 44.6 Å². The third-order valence-corrected chi connectivity index (χ3v) is 6.82. The summed E-state index contributed by atoms with van der Waals surface area (Å²) < 4.78 is 0. The maximum atomic E-state index is 10.5. The van der Waals surface area contributed by atoms with Gasteiger partial charge in [0.1, 0.15) is 0 Å². The molecule has 0 aromatic rings. The Morgan fingerprint density at radius 3 is 2.64 bits per heavy atom. The highest BCUT2D eigenvalue weighted by atomic mass is 16.3. The smallest absolute Gasteiger partial charge is 0.0614 e. The highest BCUT2D eigenvalue weighted by Crippen LogP contribution is 2.61. The first-order chi connectivity index (χ1) is 10.2. The lowest BCUT2D eigenvalue weighted by Gasteiger charge is -2.59. The molecule has 0 aromatic heterocycles. The summed E-state index contributed by atoms with van der Waals surface area (Å²) in [4.78, 5) is 0. The molecule has 0 saturated heterocycles. The molecule has 2 N–H and O–H groups in total. The van der Waals surface area contributed by atoms with Gasteiger partial charge in [-0.05, 0) is 68.1 Å². The number of hydrogen-bond acceptors (Lipinski definition) is 2. The average Bonchev–Trinajstić information content (AvgIpc) is 2.43. The van der Waals surface area contributed by atoms with Crippen LogP contribution in [-0.4, -0.2) is 22.9 Å². The lowest BCUT2D eigenvalue weighted by Crippen LogP contribution is -2.54. The summed E-state index contributed by atoms with van der Waals surface area (Å²) in [7, 11) is 0. The van der Waals surface area contributed by atoms with E-state index in [1.807, 2.05) is 6.08 Å². The van der Waals surface area contributed by atoms with Gasteiger partial charge in [0.2, 0.25) is 0 Å². The van der Waals surface area contributed by atoms with E-state index in [2.05, 4.69) is 34.3 Å². The van der Waals surface area contributed by atoms with Crippen molar-refractivity contribution < 1.29 is 10.2 Å². The van der Waals surface area contributed by atoms with Crippen LogP contribution in [0.5, 0.6) is 0 Å². The van der Waals surface area contributed by atoms with E-state index in [1.165, 1.54) is 17.6 Å². The summed E-state index contributed by atoms with van der Waals surface area (Å²) in [6.07, 6.45) is 8.19. The van der Waals surface area contributed by atoms with Gasteiger partial charge in [0.05, 0.1) is 12.7 Å². The maximum absolute atomic E-state index is 10.5. The topological polar surface area (TPSA) is 40.5 Å². The lowest BCUT2D eigenvalue weighted by molar-refractivity contribution is -0.124. The molecule has 2 fully saturated rings. The second-order valence-electron chi connectivity index (χ2n) is 8.46. The Morgan fingerprint density at radius 1 is 1.32 bits per heavy atom. The van der Waals surface area contributed by atoms with E-state index in [1.54, 1.807) is 0 Å². The van der Waals surface area contributed by atoms with Crippen molar-refractivity contribution in [2.75, 3.05) is 6.61 Å². The fourth-order valence-corrected chi connectivity index (χ4v) is 5.33. The molecule has 2 nitrogen and oxygen atoms in total. The summed E-state index contributed by atoms with van der Waals surface area (Å²) in [6.45, 7) is 13.6. The predicted octanol–water partition coefficient (Wildman–Crippen LogP) is 4.47. The molecule has 0 radical (unpaired) electrons. The molecule has 0 aromatic carbocycles. The third kappa shape index (κ3) is 3.05. The van der Waals surface area contributed by atoms with Gasteiger partial charge in [0, 0.05) is 0 Å². The Kier molecular flexibility index (Phi) is 5.23. The van der Waals surface area contributed by atoms with Crippen molar-refractivity contribution in [3.8, 4) is 0 Å². The minimum absolute atomic E-state index is 0.00192. The highest BCUT2D eigenvalue weighted by Gasteiger charge is 2.55. The van der Waals surface area contributed by atoms with Crippen molar-refractivity contribution in [2.24, 2.45) is 22.7 Å². The molecule has 4 unspecified atom stereocenters. The van der Waals surface area contributed by atoms with Crippen molar-refractivity contribution >= 4 is 0 Å². The zero-order chi connectivity index (χ0) is 16.5.